The molecule has 0 unspecified atom stereocenters. The molecule has 0 amide bonds. The fourth-order valence-electron chi connectivity index (χ4n) is 0.923. The van der Waals surface area contributed by atoms with Gasteiger partial charge in [-0.3, -0.25) is 5.26 Å². The van der Waals surface area contributed by atoms with Gasteiger partial charge in [0.1, 0.15) is 12.4 Å². The molecule has 1 aromatic rings. The van der Waals surface area contributed by atoms with Gasteiger partial charge in [-0.15, -0.1) is 0 Å². The Balaban J connectivity index is 2.58. The van der Waals surface area contributed by atoms with Crippen molar-refractivity contribution in [2.24, 2.45) is 0 Å². The summed E-state index contributed by atoms with van der Waals surface area (Å²) in [6.45, 7) is 2.81. The molecule has 0 aliphatic heterocycles. The van der Waals surface area contributed by atoms with Gasteiger partial charge in [0.2, 0.25) is 0 Å². The third-order valence-electron chi connectivity index (χ3n) is 1.47. The summed E-state index contributed by atoms with van der Waals surface area (Å²) in [6, 6.07) is 7.39. The Bertz CT molecular complexity index is 193. The molecule has 0 heterocycles. The van der Waals surface area contributed by atoms with Gasteiger partial charge in [-0.2, -0.15) is 0 Å². The van der Waals surface area contributed by atoms with Crippen LogP contribution in [0.5, 0.6) is 5.75 Å². The van der Waals surface area contributed by atoms with Crippen molar-refractivity contribution in [3.8, 4) is 5.75 Å². The molecule has 0 saturated heterocycles. The van der Waals surface area contributed by atoms with Crippen molar-refractivity contribution in [2.45, 2.75) is 13.5 Å². The van der Waals surface area contributed by atoms with Gasteiger partial charge in [0.05, 0.1) is 6.61 Å². The topological polar surface area (TPSA) is 38.7 Å². The van der Waals surface area contributed by atoms with Gasteiger partial charge in [0.25, 0.3) is 0 Å². The Kier molecular flexibility index (Phi) is 3.57. The molecule has 0 atom stereocenters. The first kappa shape index (κ1) is 9.03. The molecule has 0 fully saturated rings. The Morgan fingerprint density at radius 1 is 1.25 bits per heavy atom. The minimum atomic E-state index is 0.215. The molecular weight excluding hydrogens is 156 g/mol. The van der Waals surface area contributed by atoms with Gasteiger partial charge in [-0.05, 0) is 24.6 Å². The van der Waals surface area contributed by atoms with Crippen molar-refractivity contribution in [1.29, 1.82) is 0 Å². The van der Waals surface area contributed by atoms with E-state index in [1.807, 2.05) is 31.2 Å². The molecule has 66 valence electrons. The Morgan fingerprint density at radius 3 is 2.42 bits per heavy atom. The third-order valence-corrected chi connectivity index (χ3v) is 1.47. The molecule has 1 rings (SSSR count). The molecule has 3 heteroatoms. The van der Waals surface area contributed by atoms with Crippen LogP contribution < -0.4 is 4.74 Å². The molecular formula is C9H12O3. The molecule has 0 bridgehead atoms. The maximum Gasteiger partial charge on any atom is 0.119 e. The zero-order valence-electron chi connectivity index (χ0n) is 6.99. The van der Waals surface area contributed by atoms with Crippen LogP contribution >= 0.6 is 0 Å². The molecule has 12 heavy (non-hydrogen) atoms. The van der Waals surface area contributed by atoms with E-state index in [0.717, 1.165) is 11.3 Å². The van der Waals surface area contributed by atoms with Crippen LogP contribution in [-0.4, -0.2) is 11.9 Å². The van der Waals surface area contributed by atoms with Crippen LogP contribution in [0.25, 0.3) is 0 Å². The molecule has 1 aromatic carbocycles. The van der Waals surface area contributed by atoms with E-state index in [2.05, 4.69) is 4.89 Å². The zero-order chi connectivity index (χ0) is 8.81. The second-order valence-electron chi connectivity index (χ2n) is 2.35. The Labute approximate surface area is 71.5 Å². The van der Waals surface area contributed by atoms with Crippen molar-refractivity contribution >= 4 is 0 Å². The van der Waals surface area contributed by atoms with Crippen molar-refractivity contribution in [3.63, 3.8) is 0 Å². The monoisotopic (exact) mass is 168 g/mol. The number of hydrogen-bond donors (Lipinski definition) is 1. The van der Waals surface area contributed by atoms with Crippen LogP contribution in [0.4, 0.5) is 0 Å². The minimum absolute atomic E-state index is 0.215. The molecule has 0 aromatic heterocycles. The number of benzene rings is 1. The second-order valence-corrected chi connectivity index (χ2v) is 2.35. The highest BCUT2D eigenvalue weighted by Crippen LogP contribution is 2.12. The zero-order valence-corrected chi connectivity index (χ0v) is 6.99. The number of hydrogen-bond acceptors (Lipinski definition) is 3. The standard InChI is InChI=1S/C9H12O3/c1-2-11-9-5-3-8(4-6-9)7-12-10/h3-6,10H,2,7H2,1H3. The molecule has 0 radical (unpaired) electrons. The lowest BCUT2D eigenvalue weighted by Crippen LogP contribution is -1.92. The first-order valence-corrected chi connectivity index (χ1v) is 3.85. The Hall–Kier alpha value is -1.06. The van der Waals surface area contributed by atoms with E-state index in [0.29, 0.717) is 6.61 Å². The van der Waals surface area contributed by atoms with Crippen LogP contribution in [0.1, 0.15) is 12.5 Å². The van der Waals surface area contributed by atoms with Gasteiger partial charge in [-0.1, -0.05) is 12.1 Å². The van der Waals surface area contributed by atoms with Gasteiger partial charge in [0.15, 0.2) is 0 Å². The highest BCUT2D eigenvalue weighted by molar-refractivity contribution is 5.26. The lowest BCUT2D eigenvalue weighted by Gasteiger charge is -2.03. The van der Waals surface area contributed by atoms with E-state index in [4.69, 9.17) is 9.99 Å². The quantitative estimate of drug-likeness (QED) is 0.552. The average Bonchev–Trinajstić information content (AvgIpc) is 2.09. The molecule has 0 aliphatic rings. The van der Waals surface area contributed by atoms with E-state index in [-0.39, 0.29) is 6.61 Å². The van der Waals surface area contributed by atoms with Gasteiger partial charge < -0.3 is 4.74 Å². The van der Waals surface area contributed by atoms with E-state index in [1.165, 1.54) is 0 Å². The summed E-state index contributed by atoms with van der Waals surface area (Å²) >= 11 is 0. The summed E-state index contributed by atoms with van der Waals surface area (Å²) in [4.78, 5) is 3.99. The van der Waals surface area contributed by atoms with Crippen molar-refractivity contribution in [1.82, 2.24) is 0 Å². The highest BCUT2D eigenvalue weighted by atomic mass is 17.1. The van der Waals surface area contributed by atoms with Crippen molar-refractivity contribution in [2.75, 3.05) is 6.61 Å². The van der Waals surface area contributed by atoms with E-state index < -0.39 is 0 Å². The third kappa shape index (κ3) is 2.53. The van der Waals surface area contributed by atoms with E-state index in [1.54, 1.807) is 0 Å². The molecule has 0 aliphatic carbocycles. The smallest absolute Gasteiger partial charge is 0.119 e. The number of ether oxygens (including phenoxy) is 1. The molecule has 0 saturated carbocycles. The maximum atomic E-state index is 8.16. The lowest BCUT2D eigenvalue weighted by molar-refractivity contribution is -0.253. The van der Waals surface area contributed by atoms with Crippen molar-refractivity contribution in [3.05, 3.63) is 29.8 Å². The summed E-state index contributed by atoms with van der Waals surface area (Å²) in [5, 5.41) is 8.16. The van der Waals surface area contributed by atoms with Crippen LogP contribution in [-0.2, 0) is 11.5 Å². The van der Waals surface area contributed by atoms with E-state index in [9.17, 15) is 0 Å². The minimum Gasteiger partial charge on any atom is -0.494 e. The van der Waals surface area contributed by atoms with Crippen molar-refractivity contribution < 1.29 is 14.9 Å². The largest absolute Gasteiger partial charge is 0.494 e. The molecule has 1 N–H and O–H groups in total. The highest BCUT2D eigenvalue weighted by Gasteiger charge is 1.93. The van der Waals surface area contributed by atoms with Gasteiger partial charge in [-0.25, -0.2) is 4.89 Å². The first-order valence-electron chi connectivity index (χ1n) is 3.85. The fraction of sp³-hybridized carbons (Fsp3) is 0.333. The molecule has 0 spiro atoms. The fourth-order valence-corrected chi connectivity index (χ4v) is 0.923. The average molecular weight is 168 g/mol. The summed E-state index contributed by atoms with van der Waals surface area (Å²) in [7, 11) is 0. The van der Waals surface area contributed by atoms with E-state index >= 15 is 0 Å². The summed E-state index contributed by atoms with van der Waals surface area (Å²) in [6.07, 6.45) is 0. The second kappa shape index (κ2) is 4.74. The summed E-state index contributed by atoms with van der Waals surface area (Å²) in [5.74, 6) is 0.833. The first-order chi connectivity index (χ1) is 5.86. The van der Waals surface area contributed by atoms with Gasteiger partial charge >= 0.3 is 0 Å². The Morgan fingerprint density at radius 2 is 1.92 bits per heavy atom. The van der Waals surface area contributed by atoms with Crippen LogP contribution in [0.3, 0.4) is 0 Å². The van der Waals surface area contributed by atoms with Crippen LogP contribution in [0.2, 0.25) is 0 Å². The summed E-state index contributed by atoms with van der Waals surface area (Å²) in [5.41, 5.74) is 0.918. The normalized spacial score (nSPS) is 9.83. The number of rotatable bonds is 4. The maximum absolute atomic E-state index is 8.16. The molecule has 3 nitrogen and oxygen atoms in total. The predicted molar refractivity (Wildman–Crippen MR) is 45.0 cm³/mol. The van der Waals surface area contributed by atoms with Gasteiger partial charge in [0, 0.05) is 0 Å². The summed E-state index contributed by atoms with van der Waals surface area (Å²) < 4.78 is 5.24. The predicted octanol–water partition coefficient (Wildman–Crippen LogP) is 2.07. The van der Waals surface area contributed by atoms with Crippen LogP contribution in [0, 0.1) is 0 Å². The van der Waals surface area contributed by atoms with Crippen LogP contribution in [0.15, 0.2) is 24.3 Å². The SMILES string of the molecule is CCOc1ccc(COO)cc1. The lowest BCUT2D eigenvalue weighted by atomic mass is 10.2.